The molecule has 2 aromatic rings. The molecule has 0 aliphatic rings. The van der Waals surface area contributed by atoms with E-state index in [1.165, 1.54) is 0 Å². The van der Waals surface area contributed by atoms with Crippen molar-refractivity contribution in [3.63, 3.8) is 0 Å². The van der Waals surface area contributed by atoms with Gasteiger partial charge in [-0.25, -0.2) is 0 Å². The third-order valence-electron chi connectivity index (χ3n) is 2.43. The standard InChI is InChI=1S/C13H10Br2ClNO/c1-7-4-12(9(15)6-11(7)17)18-13-5-8(14)2-3-10(13)16/h2-6H,17H2,1H3. The molecule has 0 bridgehead atoms. The molecule has 0 atom stereocenters. The van der Waals surface area contributed by atoms with Crippen LogP contribution in [0.2, 0.25) is 5.02 Å². The zero-order valence-electron chi connectivity index (χ0n) is 9.51. The molecule has 2 rings (SSSR count). The maximum absolute atomic E-state index is 6.08. The monoisotopic (exact) mass is 389 g/mol. The van der Waals surface area contributed by atoms with Gasteiger partial charge in [0.2, 0.25) is 0 Å². The molecule has 0 unspecified atom stereocenters. The van der Waals surface area contributed by atoms with Crippen LogP contribution >= 0.6 is 43.5 Å². The second kappa shape index (κ2) is 5.51. The van der Waals surface area contributed by atoms with E-state index in [4.69, 9.17) is 22.1 Å². The predicted octanol–water partition coefficient (Wildman–Crippen LogP) is 5.55. The van der Waals surface area contributed by atoms with Gasteiger partial charge in [-0.2, -0.15) is 0 Å². The van der Waals surface area contributed by atoms with E-state index in [0.717, 1.165) is 20.2 Å². The zero-order valence-corrected chi connectivity index (χ0v) is 13.4. The van der Waals surface area contributed by atoms with Crippen LogP contribution in [0.4, 0.5) is 5.69 Å². The number of anilines is 1. The molecule has 0 fully saturated rings. The SMILES string of the molecule is Cc1cc(Oc2cc(Br)ccc2Cl)c(Br)cc1N. The van der Waals surface area contributed by atoms with E-state index >= 15 is 0 Å². The van der Waals surface area contributed by atoms with Gasteiger partial charge in [-0.1, -0.05) is 27.5 Å². The van der Waals surface area contributed by atoms with Crippen molar-refractivity contribution < 1.29 is 4.74 Å². The lowest BCUT2D eigenvalue weighted by molar-refractivity contribution is 0.479. The van der Waals surface area contributed by atoms with Gasteiger partial charge in [0, 0.05) is 10.2 Å². The normalized spacial score (nSPS) is 10.4. The average molecular weight is 391 g/mol. The van der Waals surface area contributed by atoms with Crippen LogP contribution in [0.15, 0.2) is 39.3 Å². The third kappa shape index (κ3) is 2.99. The van der Waals surface area contributed by atoms with Crippen LogP contribution in [0, 0.1) is 6.92 Å². The van der Waals surface area contributed by atoms with Gasteiger partial charge in [0.1, 0.15) is 11.5 Å². The molecule has 0 amide bonds. The van der Waals surface area contributed by atoms with Crippen molar-refractivity contribution >= 4 is 49.1 Å². The first-order valence-corrected chi connectivity index (χ1v) is 7.12. The van der Waals surface area contributed by atoms with E-state index in [1.54, 1.807) is 6.07 Å². The van der Waals surface area contributed by atoms with Crippen molar-refractivity contribution in [3.05, 3.63) is 49.9 Å². The molecule has 5 heteroatoms. The Bertz CT molecular complexity index is 602. The van der Waals surface area contributed by atoms with E-state index in [1.807, 2.05) is 31.2 Å². The van der Waals surface area contributed by atoms with Gasteiger partial charge < -0.3 is 10.5 Å². The lowest BCUT2D eigenvalue weighted by Crippen LogP contribution is -1.93. The zero-order chi connectivity index (χ0) is 13.3. The van der Waals surface area contributed by atoms with Crippen molar-refractivity contribution in [3.8, 4) is 11.5 Å². The molecule has 0 saturated heterocycles. The summed E-state index contributed by atoms with van der Waals surface area (Å²) in [5.74, 6) is 1.28. The van der Waals surface area contributed by atoms with Crippen molar-refractivity contribution in [2.45, 2.75) is 6.92 Å². The minimum Gasteiger partial charge on any atom is -0.455 e. The van der Waals surface area contributed by atoms with Crippen LogP contribution in [-0.2, 0) is 0 Å². The van der Waals surface area contributed by atoms with Gasteiger partial charge in [0.15, 0.2) is 0 Å². The van der Waals surface area contributed by atoms with E-state index in [9.17, 15) is 0 Å². The number of halogens is 3. The van der Waals surface area contributed by atoms with E-state index in [-0.39, 0.29) is 0 Å². The Labute approximate surface area is 127 Å². The Kier molecular flexibility index (Phi) is 4.20. The Morgan fingerprint density at radius 3 is 2.56 bits per heavy atom. The Morgan fingerprint density at radius 2 is 1.83 bits per heavy atom. The second-order valence-corrected chi connectivity index (χ2v) is 5.99. The van der Waals surface area contributed by atoms with Crippen LogP contribution < -0.4 is 10.5 Å². The molecule has 2 N–H and O–H groups in total. The first-order chi connectivity index (χ1) is 8.47. The Hall–Kier alpha value is -0.710. The third-order valence-corrected chi connectivity index (χ3v) is 3.86. The fourth-order valence-electron chi connectivity index (χ4n) is 1.42. The van der Waals surface area contributed by atoms with Gasteiger partial charge in [0.05, 0.1) is 9.50 Å². The van der Waals surface area contributed by atoms with Gasteiger partial charge in [-0.15, -0.1) is 0 Å². The van der Waals surface area contributed by atoms with Crippen LogP contribution in [-0.4, -0.2) is 0 Å². The topological polar surface area (TPSA) is 35.2 Å². The molecule has 0 aliphatic heterocycles. The fourth-order valence-corrected chi connectivity index (χ4v) is 2.36. The van der Waals surface area contributed by atoms with Gasteiger partial charge in [-0.3, -0.25) is 0 Å². The molecule has 94 valence electrons. The highest BCUT2D eigenvalue weighted by Crippen LogP contribution is 2.37. The lowest BCUT2D eigenvalue weighted by Gasteiger charge is -2.11. The summed E-state index contributed by atoms with van der Waals surface area (Å²) in [6.45, 7) is 1.93. The first kappa shape index (κ1) is 13.7. The number of aryl methyl sites for hydroxylation is 1. The fraction of sp³-hybridized carbons (Fsp3) is 0.0769. The molecule has 0 radical (unpaired) electrons. The number of ether oxygens (including phenoxy) is 1. The molecule has 18 heavy (non-hydrogen) atoms. The molecule has 0 spiro atoms. The Balaban J connectivity index is 2.40. The number of rotatable bonds is 2. The molecular weight excluding hydrogens is 381 g/mol. The summed E-state index contributed by atoms with van der Waals surface area (Å²) in [5, 5.41) is 0.555. The molecule has 0 aromatic heterocycles. The van der Waals surface area contributed by atoms with Crippen molar-refractivity contribution in [1.29, 1.82) is 0 Å². The van der Waals surface area contributed by atoms with Crippen LogP contribution in [0.5, 0.6) is 11.5 Å². The van der Waals surface area contributed by atoms with Crippen LogP contribution in [0.1, 0.15) is 5.56 Å². The van der Waals surface area contributed by atoms with E-state index in [0.29, 0.717) is 16.5 Å². The van der Waals surface area contributed by atoms with Crippen LogP contribution in [0.25, 0.3) is 0 Å². The minimum absolute atomic E-state index is 0.555. The quantitative estimate of drug-likeness (QED) is 0.682. The molecule has 2 aromatic carbocycles. The number of nitrogen functional groups attached to an aromatic ring is 1. The number of nitrogens with two attached hydrogens (primary N) is 1. The van der Waals surface area contributed by atoms with Crippen molar-refractivity contribution in [1.82, 2.24) is 0 Å². The summed E-state index contributed by atoms with van der Waals surface area (Å²) in [7, 11) is 0. The van der Waals surface area contributed by atoms with E-state index in [2.05, 4.69) is 31.9 Å². The highest BCUT2D eigenvalue weighted by molar-refractivity contribution is 9.10. The molecule has 0 heterocycles. The number of benzene rings is 2. The summed E-state index contributed by atoms with van der Waals surface area (Å²) >= 11 is 12.9. The maximum atomic E-state index is 6.08. The maximum Gasteiger partial charge on any atom is 0.147 e. The highest BCUT2D eigenvalue weighted by Gasteiger charge is 2.09. The van der Waals surface area contributed by atoms with Crippen molar-refractivity contribution in [2.24, 2.45) is 0 Å². The van der Waals surface area contributed by atoms with Gasteiger partial charge in [0.25, 0.3) is 0 Å². The highest BCUT2D eigenvalue weighted by atomic mass is 79.9. The number of hydrogen-bond acceptors (Lipinski definition) is 2. The average Bonchev–Trinajstić information content (AvgIpc) is 2.30. The lowest BCUT2D eigenvalue weighted by atomic mass is 10.2. The predicted molar refractivity (Wildman–Crippen MR) is 82.5 cm³/mol. The molecule has 0 aliphatic carbocycles. The van der Waals surface area contributed by atoms with E-state index < -0.39 is 0 Å². The summed E-state index contributed by atoms with van der Waals surface area (Å²) in [4.78, 5) is 0. The number of hydrogen-bond donors (Lipinski definition) is 1. The van der Waals surface area contributed by atoms with Crippen molar-refractivity contribution in [2.75, 3.05) is 5.73 Å². The summed E-state index contributed by atoms with van der Waals surface area (Å²) in [5.41, 5.74) is 7.49. The largest absolute Gasteiger partial charge is 0.455 e. The molecule has 2 nitrogen and oxygen atoms in total. The molecule has 0 saturated carbocycles. The first-order valence-electron chi connectivity index (χ1n) is 5.16. The second-order valence-electron chi connectivity index (χ2n) is 3.82. The van der Waals surface area contributed by atoms with Crippen LogP contribution in [0.3, 0.4) is 0 Å². The summed E-state index contributed by atoms with van der Waals surface area (Å²) < 4.78 is 7.49. The Morgan fingerprint density at radius 1 is 1.11 bits per heavy atom. The summed E-state index contributed by atoms with van der Waals surface area (Å²) in [6, 6.07) is 9.14. The summed E-state index contributed by atoms with van der Waals surface area (Å²) in [6.07, 6.45) is 0. The van der Waals surface area contributed by atoms with Gasteiger partial charge in [-0.05, 0) is 58.7 Å². The smallest absolute Gasteiger partial charge is 0.147 e. The van der Waals surface area contributed by atoms with Gasteiger partial charge >= 0.3 is 0 Å². The molecular formula is C13H10Br2ClNO. The minimum atomic E-state index is 0.555.